The lowest BCUT2D eigenvalue weighted by Crippen LogP contribution is -2.11. The number of nitrogens with zero attached hydrogens (tertiary/aromatic N) is 3. The number of aromatic nitrogens is 1. The summed E-state index contributed by atoms with van der Waals surface area (Å²) in [7, 11) is 1.69. The van der Waals surface area contributed by atoms with Crippen LogP contribution in [0.2, 0.25) is 5.02 Å². The van der Waals surface area contributed by atoms with Crippen molar-refractivity contribution in [3.8, 4) is 11.3 Å². The number of halogens is 3. The van der Waals surface area contributed by atoms with Gasteiger partial charge in [-0.1, -0.05) is 45.7 Å². The molecule has 0 atom stereocenters. The van der Waals surface area contributed by atoms with Crippen LogP contribution in [0, 0.1) is 5.82 Å². The molecule has 7 heteroatoms. The van der Waals surface area contributed by atoms with Crippen LogP contribution in [0.3, 0.4) is 0 Å². The van der Waals surface area contributed by atoms with E-state index < -0.39 is 5.82 Å². The maximum Gasteiger partial charge on any atom is 0.205 e. The van der Waals surface area contributed by atoms with Gasteiger partial charge in [-0.15, -0.1) is 11.3 Å². The molecule has 122 valence electrons. The molecule has 0 aliphatic heterocycles. The maximum absolute atomic E-state index is 13.9. The summed E-state index contributed by atoms with van der Waals surface area (Å²) in [5.41, 5.74) is 2.10. The highest BCUT2D eigenvalue weighted by Crippen LogP contribution is 2.24. The monoisotopic (exact) mass is 423 g/mol. The van der Waals surface area contributed by atoms with E-state index in [1.54, 1.807) is 23.9 Å². The van der Waals surface area contributed by atoms with Crippen LogP contribution >= 0.6 is 38.9 Å². The van der Waals surface area contributed by atoms with Crippen LogP contribution in [-0.2, 0) is 0 Å². The minimum Gasteiger partial charge on any atom is -0.261 e. The first kappa shape index (κ1) is 17.1. The van der Waals surface area contributed by atoms with Crippen molar-refractivity contribution < 1.29 is 4.39 Å². The van der Waals surface area contributed by atoms with Crippen LogP contribution in [0.5, 0.6) is 0 Å². The quantitative estimate of drug-likeness (QED) is 0.518. The molecule has 0 radical (unpaired) electrons. The predicted octanol–water partition coefficient (Wildman–Crippen LogP) is 5.18. The molecule has 1 heterocycles. The second kappa shape index (κ2) is 7.42. The first-order valence-electron chi connectivity index (χ1n) is 6.98. The van der Waals surface area contributed by atoms with Crippen LogP contribution in [0.15, 0.2) is 62.4 Å². The molecule has 2 aromatic carbocycles. The summed E-state index contributed by atoms with van der Waals surface area (Å²) in [5.74, 6) is -0.416. The Hall–Kier alpha value is -1.76. The van der Waals surface area contributed by atoms with Gasteiger partial charge in [0.05, 0.1) is 16.9 Å². The first-order chi connectivity index (χ1) is 11.6. The van der Waals surface area contributed by atoms with E-state index in [0.29, 0.717) is 9.82 Å². The molecule has 3 rings (SSSR count). The molecule has 3 nitrogen and oxygen atoms in total. The summed E-state index contributed by atoms with van der Waals surface area (Å²) < 4.78 is 16.6. The third kappa shape index (κ3) is 3.50. The van der Waals surface area contributed by atoms with Gasteiger partial charge in [-0.05, 0) is 24.3 Å². The normalized spacial score (nSPS) is 12.2. The van der Waals surface area contributed by atoms with Crippen molar-refractivity contribution in [3.05, 3.63) is 73.5 Å². The molecule has 3 aromatic rings. The topological polar surface area (TPSA) is 29.6 Å². The Bertz CT molecular complexity index is 958. The highest BCUT2D eigenvalue weighted by Gasteiger charge is 2.09. The van der Waals surface area contributed by atoms with Crippen molar-refractivity contribution in [2.45, 2.75) is 0 Å². The predicted molar refractivity (Wildman–Crippen MR) is 101 cm³/mol. The van der Waals surface area contributed by atoms with Gasteiger partial charge in [0, 0.05) is 28.0 Å². The third-order valence-corrected chi connectivity index (χ3v) is 5.03. The van der Waals surface area contributed by atoms with Crippen LogP contribution in [0.1, 0.15) is 5.56 Å². The summed E-state index contributed by atoms with van der Waals surface area (Å²) in [5, 5.41) is 6.68. The lowest BCUT2D eigenvalue weighted by molar-refractivity contribution is 0.625. The molecule has 0 saturated heterocycles. The van der Waals surface area contributed by atoms with Gasteiger partial charge in [-0.2, -0.15) is 5.10 Å². The van der Waals surface area contributed by atoms with Crippen molar-refractivity contribution in [1.29, 1.82) is 0 Å². The summed E-state index contributed by atoms with van der Waals surface area (Å²) in [6.45, 7) is 0. The van der Waals surface area contributed by atoms with E-state index in [-0.39, 0.29) is 5.56 Å². The van der Waals surface area contributed by atoms with Crippen molar-refractivity contribution in [1.82, 2.24) is 4.68 Å². The Morgan fingerprint density at radius 2 is 2.04 bits per heavy atom. The SMILES string of the molecule is CN=c1scc(-c2cccc(Br)c2)n1N=Cc1c(F)cccc1Cl. The Labute approximate surface area is 155 Å². The second-order valence-corrected chi connectivity index (χ2v) is 6.99. The highest BCUT2D eigenvalue weighted by atomic mass is 79.9. The summed E-state index contributed by atoms with van der Waals surface area (Å²) in [6, 6.07) is 12.4. The zero-order chi connectivity index (χ0) is 17.1. The molecule has 0 saturated carbocycles. The molecule has 0 spiro atoms. The Morgan fingerprint density at radius 3 is 2.75 bits per heavy atom. The number of rotatable bonds is 3. The fourth-order valence-electron chi connectivity index (χ4n) is 2.16. The van der Waals surface area contributed by atoms with E-state index in [1.165, 1.54) is 23.6 Å². The van der Waals surface area contributed by atoms with E-state index in [9.17, 15) is 4.39 Å². The van der Waals surface area contributed by atoms with E-state index in [0.717, 1.165) is 15.7 Å². The van der Waals surface area contributed by atoms with E-state index in [2.05, 4.69) is 26.0 Å². The fourth-order valence-corrected chi connectivity index (χ4v) is 3.57. The van der Waals surface area contributed by atoms with Crippen molar-refractivity contribution >= 4 is 45.1 Å². The molecule has 0 unspecified atom stereocenters. The molecule has 0 bridgehead atoms. The van der Waals surface area contributed by atoms with Gasteiger partial charge >= 0.3 is 0 Å². The summed E-state index contributed by atoms with van der Waals surface area (Å²) in [6.07, 6.45) is 1.42. The highest BCUT2D eigenvalue weighted by molar-refractivity contribution is 9.10. The second-order valence-electron chi connectivity index (χ2n) is 4.83. The number of thiazole rings is 1. The Kier molecular flexibility index (Phi) is 5.28. The molecule has 24 heavy (non-hydrogen) atoms. The van der Waals surface area contributed by atoms with Crippen molar-refractivity contribution in [2.24, 2.45) is 10.1 Å². The van der Waals surface area contributed by atoms with Crippen molar-refractivity contribution in [3.63, 3.8) is 0 Å². The Balaban J connectivity index is 2.11. The van der Waals surface area contributed by atoms with Crippen LogP contribution in [0.4, 0.5) is 4.39 Å². The van der Waals surface area contributed by atoms with Gasteiger partial charge in [0.25, 0.3) is 0 Å². The molecule has 0 N–H and O–H groups in total. The van der Waals surface area contributed by atoms with E-state index >= 15 is 0 Å². The molecule has 0 fully saturated rings. The average molecular weight is 425 g/mol. The minimum absolute atomic E-state index is 0.250. The van der Waals surface area contributed by atoms with Crippen LogP contribution in [-0.4, -0.2) is 17.9 Å². The molecular weight excluding hydrogens is 413 g/mol. The zero-order valence-electron chi connectivity index (χ0n) is 12.6. The standard InChI is InChI=1S/C17H12BrClFN3S/c1-21-17-23(22-9-13-14(19)6-3-7-15(13)20)16(10-24-17)11-4-2-5-12(18)8-11/h2-10H,1H3. The van der Waals surface area contributed by atoms with Crippen LogP contribution in [0.25, 0.3) is 11.3 Å². The smallest absolute Gasteiger partial charge is 0.205 e. The van der Waals surface area contributed by atoms with Gasteiger partial charge in [0.1, 0.15) is 5.82 Å². The molecule has 0 aliphatic carbocycles. The number of hydrogen-bond donors (Lipinski definition) is 0. The number of hydrogen-bond acceptors (Lipinski definition) is 3. The van der Waals surface area contributed by atoms with E-state index in [1.807, 2.05) is 29.6 Å². The van der Waals surface area contributed by atoms with Gasteiger partial charge in [-0.25, -0.2) is 9.07 Å². The maximum atomic E-state index is 13.9. The van der Waals surface area contributed by atoms with Gasteiger partial charge < -0.3 is 0 Å². The van der Waals surface area contributed by atoms with Crippen LogP contribution < -0.4 is 4.80 Å². The Morgan fingerprint density at radius 1 is 1.25 bits per heavy atom. The van der Waals surface area contributed by atoms with Gasteiger partial charge in [-0.3, -0.25) is 4.99 Å². The first-order valence-corrected chi connectivity index (χ1v) is 9.03. The van der Waals surface area contributed by atoms with Gasteiger partial charge in [0.15, 0.2) is 0 Å². The van der Waals surface area contributed by atoms with Gasteiger partial charge in [0.2, 0.25) is 4.80 Å². The fraction of sp³-hybridized carbons (Fsp3) is 0.0588. The lowest BCUT2D eigenvalue weighted by Gasteiger charge is -2.05. The molecular formula is C17H12BrClFN3S. The van der Waals surface area contributed by atoms with Crippen molar-refractivity contribution in [2.75, 3.05) is 7.05 Å². The minimum atomic E-state index is -0.416. The number of benzene rings is 2. The zero-order valence-corrected chi connectivity index (χ0v) is 15.7. The molecule has 0 amide bonds. The third-order valence-electron chi connectivity index (χ3n) is 3.30. The lowest BCUT2D eigenvalue weighted by atomic mass is 10.2. The summed E-state index contributed by atoms with van der Waals surface area (Å²) >= 11 is 11.0. The summed E-state index contributed by atoms with van der Waals surface area (Å²) in [4.78, 5) is 4.93. The molecule has 1 aromatic heterocycles. The molecule has 0 aliphatic rings. The van der Waals surface area contributed by atoms with E-state index in [4.69, 9.17) is 11.6 Å². The largest absolute Gasteiger partial charge is 0.261 e. The average Bonchev–Trinajstić information content (AvgIpc) is 2.97.